The van der Waals surface area contributed by atoms with Gasteiger partial charge < -0.3 is 10.3 Å². The van der Waals surface area contributed by atoms with Gasteiger partial charge in [-0.15, -0.1) is 11.6 Å². The molecule has 96 valence electrons. The molecule has 1 aromatic heterocycles. The minimum atomic E-state index is -0.377. The highest BCUT2D eigenvalue weighted by Crippen LogP contribution is 2.28. The molecule has 0 spiro atoms. The Morgan fingerprint density at radius 1 is 1.33 bits per heavy atom. The molecule has 0 unspecified atom stereocenters. The first kappa shape index (κ1) is 13.5. The quantitative estimate of drug-likeness (QED) is 0.883. The van der Waals surface area contributed by atoms with Gasteiger partial charge in [0.1, 0.15) is 5.82 Å². The monoisotopic (exact) mass is 305 g/mol. The van der Waals surface area contributed by atoms with Crippen molar-refractivity contribution in [2.24, 2.45) is 5.73 Å². The highest BCUT2D eigenvalue weighted by atomic mass is 35.5. The maximum Gasteiger partial charge on any atom is 0.219 e. The van der Waals surface area contributed by atoms with Crippen molar-refractivity contribution in [1.29, 1.82) is 0 Å². The van der Waals surface area contributed by atoms with Crippen LogP contribution in [-0.4, -0.2) is 15.5 Å². The second-order valence-electron chi connectivity index (χ2n) is 3.78. The van der Waals surface area contributed by atoms with Crippen LogP contribution in [0, 0.1) is 0 Å². The molecule has 0 aliphatic heterocycles. The van der Waals surface area contributed by atoms with Gasteiger partial charge in [0.2, 0.25) is 5.91 Å². The summed E-state index contributed by atoms with van der Waals surface area (Å²) in [5, 5.41) is 0.871. The molecule has 0 bridgehead atoms. The summed E-state index contributed by atoms with van der Waals surface area (Å²) in [4.78, 5) is 15.2. The van der Waals surface area contributed by atoms with Gasteiger partial charge in [0.05, 0.1) is 27.0 Å². The zero-order valence-corrected chi connectivity index (χ0v) is 11.6. The first-order chi connectivity index (χ1) is 8.52. The Kier molecular flexibility index (Phi) is 4.00. The van der Waals surface area contributed by atoms with Gasteiger partial charge in [0, 0.05) is 13.0 Å². The van der Waals surface area contributed by atoms with Gasteiger partial charge in [0.15, 0.2) is 0 Å². The number of halogens is 3. The van der Waals surface area contributed by atoms with E-state index in [0.29, 0.717) is 27.9 Å². The number of carbonyl (C=O) groups is 1. The van der Waals surface area contributed by atoms with Gasteiger partial charge in [-0.1, -0.05) is 23.2 Å². The molecule has 0 saturated carbocycles. The number of imidazole rings is 1. The van der Waals surface area contributed by atoms with E-state index in [1.807, 2.05) is 4.57 Å². The topological polar surface area (TPSA) is 60.9 Å². The van der Waals surface area contributed by atoms with E-state index in [4.69, 9.17) is 40.5 Å². The largest absolute Gasteiger partial charge is 0.370 e. The number of nitrogens with zero attached hydrogens (tertiary/aromatic N) is 2. The van der Waals surface area contributed by atoms with Crippen molar-refractivity contribution >= 4 is 51.7 Å². The van der Waals surface area contributed by atoms with Crippen molar-refractivity contribution in [3.63, 3.8) is 0 Å². The summed E-state index contributed by atoms with van der Waals surface area (Å²) in [6.45, 7) is 0.422. The van der Waals surface area contributed by atoms with E-state index >= 15 is 0 Å². The number of rotatable bonds is 4. The highest BCUT2D eigenvalue weighted by molar-refractivity contribution is 6.42. The number of alkyl halides is 1. The second-order valence-corrected chi connectivity index (χ2v) is 4.87. The summed E-state index contributed by atoms with van der Waals surface area (Å²) in [7, 11) is 0. The second kappa shape index (κ2) is 5.34. The smallest absolute Gasteiger partial charge is 0.219 e. The fraction of sp³-hybridized carbons (Fsp3) is 0.273. The molecule has 0 saturated heterocycles. The predicted molar refractivity (Wildman–Crippen MR) is 73.1 cm³/mol. The fourth-order valence-electron chi connectivity index (χ4n) is 1.74. The van der Waals surface area contributed by atoms with Crippen LogP contribution in [0.1, 0.15) is 12.2 Å². The minimum absolute atomic E-state index is 0.218. The minimum Gasteiger partial charge on any atom is -0.370 e. The van der Waals surface area contributed by atoms with Gasteiger partial charge in [-0.05, 0) is 12.1 Å². The molecule has 1 aromatic carbocycles. The van der Waals surface area contributed by atoms with Crippen LogP contribution in [0.4, 0.5) is 0 Å². The molecule has 7 heteroatoms. The van der Waals surface area contributed by atoms with Crippen LogP contribution in [0.3, 0.4) is 0 Å². The van der Waals surface area contributed by atoms with E-state index in [1.165, 1.54) is 0 Å². The zero-order valence-electron chi connectivity index (χ0n) is 9.29. The van der Waals surface area contributed by atoms with Crippen molar-refractivity contribution in [1.82, 2.24) is 9.55 Å². The number of fused-ring (bicyclic) bond motifs is 1. The van der Waals surface area contributed by atoms with E-state index in [1.54, 1.807) is 12.1 Å². The third-order valence-electron chi connectivity index (χ3n) is 2.57. The molecule has 2 aromatic rings. The van der Waals surface area contributed by atoms with Gasteiger partial charge in [-0.3, -0.25) is 4.79 Å². The Morgan fingerprint density at radius 3 is 2.61 bits per heavy atom. The maximum absolute atomic E-state index is 10.9. The molecule has 1 heterocycles. The van der Waals surface area contributed by atoms with Crippen molar-refractivity contribution in [3.8, 4) is 0 Å². The lowest BCUT2D eigenvalue weighted by molar-refractivity contribution is -0.118. The van der Waals surface area contributed by atoms with Gasteiger partial charge >= 0.3 is 0 Å². The highest BCUT2D eigenvalue weighted by Gasteiger charge is 2.12. The molecule has 0 aliphatic carbocycles. The number of hydrogen-bond acceptors (Lipinski definition) is 2. The van der Waals surface area contributed by atoms with Gasteiger partial charge in [-0.25, -0.2) is 4.98 Å². The maximum atomic E-state index is 10.9. The molecule has 1 amide bonds. The summed E-state index contributed by atoms with van der Waals surface area (Å²) in [5.74, 6) is 0.520. The lowest BCUT2D eigenvalue weighted by atomic mass is 10.3. The summed E-state index contributed by atoms with van der Waals surface area (Å²) in [6.07, 6.45) is 0.218. The Balaban J connectivity index is 2.53. The summed E-state index contributed by atoms with van der Waals surface area (Å²) >= 11 is 17.7. The van der Waals surface area contributed by atoms with Crippen LogP contribution < -0.4 is 5.73 Å². The number of carbonyl (C=O) groups excluding carboxylic acids is 1. The Morgan fingerprint density at radius 2 is 2.00 bits per heavy atom. The van der Waals surface area contributed by atoms with Crippen LogP contribution in [0.15, 0.2) is 12.1 Å². The number of benzene rings is 1. The van der Waals surface area contributed by atoms with Gasteiger partial charge in [-0.2, -0.15) is 0 Å². The summed E-state index contributed by atoms with van der Waals surface area (Å²) in [6, 6.07) is 3.39. The third kappa shape index (κ3) is 2.55. The van der Waals surface area contributed by atoms with Crippen molar-refractivity contribution in [2.75, 3.05) is 0 Å². The zero-order chi connectivity index (χ0) is 13.3. The van der Waals surface area contributed by atoms with Crippen molar-refractivity contribution in [2.45, 2.75) is 18.8 Å². The molecule has 0 aliphatic rings. The predicted octanol–water partition coefficient (Wildman–Crippen LogP) is 2.96. The number of nitrogens with two attached hydrogens (primary N) is 1. The molecular weight excluding hydrogens is 297 g/mol. The lowest BCUT2D eigenvalue weighted by Gasteiger charge is -2.06. The molecular formula is C11H10Cl3N3O. The molecule has 0 atom stereocenters. The fourth-order valence-corrected chi connectivity index (χ4v) is 2.26. The van der Waals surface area contributed by atoms with Crippen LogP contribution >= 0.6 is 34.8 Å². The van der Waals surface area contributed by atoms with Crippen molar-refractivity contribution < 1.29 is 4.79 Å². The molecule has 2 rings (SSSR count). The SMILES string of the molecule is NC(=O)CCn1c(CCl)nc2cc(Cl)c(Cl)cc21. The number of primary amides is 1. The van der Waals surface area contributed by atoms with Crippen molar-refractivity contribution in [3.05, 3.63) is 28.0 Å². The molecule has 0 fully saturated rings. The van der Waals surface area contributed by atoms with E-state index in [0.717, 1.165) is 5.52 Å². The standard InChI is InChI=1S/C11H10Cl3N3O/c12-5-11-16-8-3-6(13)7(14)4-9(8)17(11)2-1-10(15)18/h3-4H,1-2,5H2,(H2,15,18). The van der Waals surface area contributed by atoms with E-state index in [2.05, 4.69) is 4.98 Å². The normalized spacial score (nSPS) is 11.1. The van der Waals surface area contributed by atoms with Crippen LogP contribution in [-0.2, 0) is 17.2 Å². The molecule has 0 radical (unpaired) electrons. The molecule has 18 heavy (non-hydrogen) atoms. The number of amides is 1. The Hall–Kier alpha value is -0.970. The Labute approximate surface area is 119 Å². The van der Waals surface area contributed by atoms with Crippen LogP contribution in [0.25, 0.3) is 11.0 Å². The third-order valence-corrected chi connectivity index (χ3v) is 3.53. The number of hydrogen-bond donors (Lipinski definition) is 1. The van der Waals surface area contributed by atoms with E-state index < -0.39 is 0 Å². The van der Waals surface area contributed by atoms with E-state index in [-0.39, 0.29) is 18.2 Å². The first-order valence-electron chi connectivity index (χ1n) is 5.21. The van der Waals surface area contributed by atoms with Crippen LogP contribution in [0.2, 0.25) is 10.0 Å². The number of aryl methyl sites for hydroxylation is 1. The summed E-state index contributed by atoms with van der Waals surface area (Å²) < 4.78 is 1.83. The summed E-state index contributed by atoms with van der Waals surface area (Å²) in [5.41, 5.74) is 6.64. The average molecular weight is 307 g/mol. The number of aromatic nitrogens is 2. The first-order valence-corrected chi connectivity index (χ1v) is 6.50. The van der Waals surface area contributed by atoms with E-state index in [9.17, 15) is 4.79 Å². The lowest BCUT2D eigenvalue weighted by Crippen LogP contribution is -2.14. The Bertz CT molecular complexity index is 609. The average Bonchev–Trinajstić information content (AvgIpc) is 2.64. The van der Waals surface area contributed by atoms with Crippen LogP contribution in [0.5, 0.6) is 0 Å². The molecule has 4 nitrogen and oxygen atoms in total. The van der Waals surface area contributed by atoms with Gasteiger partial charge in [0.25, 0.3) is 0 Å². The molecule has 2 N–H and O–H groups in total.